The predicted molar refractivity (Wildman–Crippen MR) is 91.4 cm³/mol. The molecule has 118 valence electrons. The summed E-state index contributed by atoms with van der Waals surface area (Å²) in [4.78, 5) is 11.9. The fraction of sp³-hybridized carbons (Fsp3) is 0.133. The number of carbonyl (C=O) groups excluding carboxylic acids is 1. The molecule has 8 heteroatoms. The van der Waals surface area contributed by atoms with E-state index in [1.807, 2.05) is 41.1 Å². The molecule has 0 aliphatic heterocycles. The lowest BCUT2D eigenvalue weighted by molar-refractivity contribution is 0.251. The molecule has 2 amide bonds. The molecule has 23 heavy (non-hydrogen) atoms. The van der Waals surface area contributed by atoms with Crippen LogP contribution < -0.4 is 10.6 Å². The van der Waals surface area contributed by atoms with Gasteiger partial charge in [0, 0.05) is 17.5 Å². The number of aromatic nitrogens is 2. The zero-order valence-electron chi connectivity index (χ0n) is 12.0. The molecule has 0 unspecified atom stereocenters. The highest BCUT2D eigenvalue weighted by atomic mass is 32.1. The normalized spacial score (nSPS) is 10.5. The summed E-state index contributed by atoms with van der Waals surface area (Å²) in [5, 5.41) is 27.9. The van der Waals surface area contributed by atoms with Crippen LogP contribution in [0.3, 0.4) is 0 Å². The van der Waals surface area contributed by atoms with E-state index in [0.29, 0.717) is 11.7 Å². The van der Waals surface area contributed by atoms with Crippen molar-refractivity contribution in [3.05, 3.63) is 52.2 Å². The summed E-state index contributed by atoms with van der Waals surface area (Å²) in [5.74, 6) is 0. The van der Waals surface area contributed by atoms with Gasteiger partial charge in [-0.2, -0.15) is 11.3 Å². The Morgan fingerprint density at radius 1 is 1.17 bits per heavy atom. The van der Waals surface area contributed by atoms with E-state index in [-0.39, 0.29) is 12.6 Å². The number of nitrogens with zero attached hydrogens (tertiary/aromatic N) is 2. The molecule has 0 aliphatic rings. The predicted octanol–water partition coefficient (Wildman–Crippen LogP) is 3.08. The number of aliphatic hydroxyl groups excluding tert-OH is 1. The zero-order valence-corrected chi connectivity index (χ0v) is 13.7. The fourth-order valence-electron chi connectivity index (χ4n) is 1.98. The van der Waals surface area contributed by atoms with E-state index in [2.05, 4.69) is 20.8 Å². The maximum Gasteiger partial charge on any atom is 0.321 e. The van der Waals surface area contributed by atoms with Crippen LogP contribution in [-0.2, 0) is 13.2 Å². The number of benzene rings is 1. The summed E-state index contributed by atoms with van der Waals surface area (Å²) >= 11 is 2.91. The first kappa shape index (κ1) is 15.6. The van der Waals surface area contributed by atoms with Gasteiger partial charge in [-0.1, -0.05) is 35.6 Å². The van der Waals surface area contributed by atoms with Gasteiger partial charge in [-0.05, 0) is 22.6 Å². The van der Waals surface area contributed by atoms with Gasteiger partial charge in [0.15, 0.2) is 0 Å². The highest BCUT2D eigenvalue weighted by Gasteiger charge is 2.10. The monoisotopic (exact) mass is 346 g/mol. The van der Waals surface area contributed by atoms with Gasteiger partial charge in [0.05, 0.1) is 6.61 Å². The average molecular weight is 346 g/mol. The minimum atomic E-state index is -0.356. The molecule has 0 atom stereocenters. The molecule has 2 aromatic heterocycles. The van der Waals surface area contributed by atoms with Gasteiger partial charge >= 0.3 is 6.03 Å². The molecule has 3 rings (SSSR count). The van der Waals surface area contributed by atoms with E-state index >= 15 is 0 Å². The van der Waals surface area contributed by atoms with Crippen LogP contribution in [-0.4, -0.2) is 21.3 Å². The van der Waals surface area contributed by atoms with Gasteiger partial charge in [0.25, 0.3) is 0 Å². The van der Waals surface area contributed by atoms with Crippen LogP contribution in [0.1, 0.15) is 11.1 Å². The highest BCUT2D eigenvalue weighted by molar-refractivity contribution is 7.19. The zero-order chi connectivity index (χ0) is 16.1. The average Bonchev–Trinajstić information content (AvgIpc) is 3.24. The van der Waals surface area contributed by atoms with Gasteiger partial charge < -0.3 is 10.4 Å². The summed E-state index contributed by atoms with van der Waals surface area (Å²) in [6.07, 6.45) is 0. The van der Waals surface area contributed by atoms with Crippen molar-refractivity contribution in [1.29, 1.82) is 0 Å². The van der Waals surface area contributed by atoms with Crippen LogP contribution in [0, 0.1) is 0 Å². The Balaban J connectivity index is 1.57. The number of anilines is 1. The van der Waals surface area contributed by atoms with E-state index in [1.54, 1.807) is 11.3 Å². The Bertz CT molecular complexity index is 786. The molecular weight excluding hydrogens is 332 g/mol. The Labute approximate surface area is 140 Å². The van der Waals surface area contributed by atoms with E-state index in [9.17, 15) is 9.90 Å². The summed E-state index contributed by atoms with van der Waals surface area (Å²) in [6.45, 7) is 0.276. The standard InChI is InChI=1S/C15H14N4O2S2/c20-8-11-4-2-1-3-10(11)7-16-14(21)17-15-19-18-13(23-15)12-5-6-22-9-12/h1-6,9,20H,7-8H2,(H2,16,17,19,21). The smallest absolute Gasteiger partial charge is 0.321 e. The number of urea groups is 1. The van der Waals surface area contributed by atoms with Gasteiger partial charge in [0.2, 0.25) is 5.13 Å². The maximum atomic E-state index is 11.9. The third-order valence-electron chi connectivity index (χ3n) is 3.14. The number of rotatable bonds is 5. The number of carbonyl (C=O) groups is 1. The molecule has 0 fully saturated rings. The Hall–Kier alpha value is -2.29. The van der Waals surface area contributed by atoms with E-state index in [4.69, 9.17) is 0 Å². The SMILES string of the molecule is O=C(NCc1ccccc1CO)Nc1nnc(-c2ccsc2)s1. The first-order chi connectivity index (χ1) is 11.3. The maximum absolute atomic E-state index is 11.9. The van der Waals surface area contributed by atoms with Gasteiger partial charge in [-0.3, -0.25) is 5.32 Å². The molecule has 0 saturated heterocycles. The third-order valence-corrected chi connectivity index (χ3v) is 4.71. The molecule has 0 aliphatic carbocycles. The number of hydrogen-bond donors (Lipinski definition) is 3. The van der Waals surface area contributed by atoms with Crippen LogP contribution in [0.2, 0.25) is 0 Å². The first-order valence-corrected chi connectivity index (χ1v) is 8.61. The van der Waals surface area contributed by atoms with E-state index < -0.39 is 0 Å². The summed E-state index contributed by atoms with van der Waals surface area (Å²) in [6, 6.07) is 9.01. The van der Waals surface area contributed by atoms with Crippen molar-refractivity contribution in [2.75, 3.05) is 5.32 Å². The summed E-state index contributed by atoms with van der Waals surface area (Å²) in [5.41, 5.74) is 2.67. The van der Waals surface area contributed by atoms with Crippen LogP contribution in [0.25, 0.3) is 10.6 Å². The minimum Gasteiger partial charge on any atom is -0.392 e. The number of nitrogens with one attached hydrogen (secondary N) is 2. The second-order valence-electron chi connectivity index (χ2n) is 4.66. The summed E-state index contributed by atoms with van der Waals surface area (Å²) < 4.78 is 0. The molecule has 0 bridgehead atoms. The lowest BCUT2D eigenvalue weighted by Crippen LogP contribution is -2.28. The molecule has 0 saturated carbocycles. The number of amides is 2. The Morgan fingerprint density at radius 3 is 2.74 bits per heavy atom. The van der Waals surface area contributed by atoms with Crippen molar-refractivity contribution < 1.29 is 9.90 Å². The second kappa shape index (κ2) is 7.32. The van der Waals surface area contributed by atoms with Gasteiger partial charge in [0.1, 0.15) is 5.01 Å². The fourth-order valence-corrected chi connectivity index (χ4v) is 3.43. The lowest BCUT2D eigenvalue weighted by Gasteiger charge is -2.08. The minimum absolute atomic E-state index is 0.0557. The quantitative estimate of drug-likeness (QED) is 0.662. The molecule has 3 N–H and O–H groups in total. The first-order valence-electron chi connectivity index (χ1n) is 6.85. The Kier molecular flexibility index (Phi) is 4.96. The number of aliphatic hydroxyl groups is 1. The number of thiophene rings is 1. The molecular formula is C15H14N4O2S2. The van der Waals surface area contributed by atoms with Crippen molar-refractivity contribution >= 4 is 33.8 Å². The topological polar surface area (TPSA) is 87.1 Å². The van der Waals surface area contributed by atoms with Crippen LogP contribution in [0.4, 0.5) is 9.93 Å². The molecule has 3 aromatic rings. The number of hydrogen-bond acceptors (Lipinski definition) is 6. The van der Waals surface area contributed by atoms with Crippen molar-refractivity contribution in [3.8, 4) is 10.6 Å². The molecule has 0 radical (unpaired) electrons. The second-order valence-corrected chi connectivity index (χ2v) is 6.42. The highest BCUT2D eigenvalue weighted by Crippen LogP contribution is 2.27. The van der Waals surface area contributed by atoms with Crippen molar-refractivity contribution in [1.82, 2.24) is 15.5 Å². The molecule has 6 nitrogen and oxygen atoms in total. The van der Waals surface area contributed by atoms with Crippen molar-refractivity contribution in [3.63, 3.8) is 0 Å². The van der Waals surface area contributed by atoms with E-state index in [0.717, 1.165) is 21.7 Å². The largest absolute Gasteiger partial charge is 0.392 e. The third kappa shape index (κ3) is 3.92. The van der Waals surface area contributed by atoms with Crippen LogP contribution >= 0.6 is 22.7 Å². The van der Waals surface area contributed by atoms with Crippen LogP contribution in [0.5, 0.6) is 0 Å². The molecule has 2 heterocycles. The molecule has 0 spiro atoms. The Morgan fingerprint density at radius 2 is 2.00 bits per heavy atom. The van der Waals surface area contributed by atoms with Gasteiger partial charge in [-0.25, -0.2) is 4.79 Å². The lowest BCUT2D eigenvalue weighted by atomic mass is 10.1. The van der Waals surface area contributed by atoms with Crippen LogP contribution in [0.15, 0.2) is 41.1 Å². The van der Waals surface area contributed by atoms with Crippen molar-refractivity contribution in [2.45, 2.75) is 13.2 Å². The van der Waals surface area contributed by atoms with Crippen molar-refractivity contribution in [2.24, 2.45) is 0 Å². The molecule has 1 aromatic carbocycles. The van der Waals surface area contributed by atoms with E-state index in [1.165, 1.54) is 11.3 Å². The summed E-state index contributed by atoms with van der Waals surface area (Å²) in [7, 11) is 0. The van der Waals surface area contributed by atoms with Gasteiger partial charge in [-0.15, -0.1) is 10.2 Å².